The van der Waals surface area contributed by atoms with Gasteiger partial charge in [-0.25, -0.2) is 14.4 Å². The van der Waals surface area contributed by atoms with Crippen LogP contribution in [0.15, 0.2) is 24.3 Å². The second-order valence-electron chi connectivity index (χ2n) is 11.0. The number of carboxylic acid groups (broad SMARTS) is 3. The topological polar surface area (TPSA) is 221 Å². The molecule has 2 atom stereocenters. The average molecular weight is 636 g/mol. The SMILES string of the molecule is O=C(O)CCC(NC(=O)NC(CCCCNC(=O)c1ccc(CN2CCCNCCNCCCNCC2)cc1)C(=O)O)C(=O)O. The highest BCUT2D eigenvalue weighted by Gasteiger charge is 2.24. The second kappa shape index (κ2) is 21.8. The molecule has 2 unspecified atom stereocenters. The molecule has 1 saturated heterocycles. The normalized spacial score (nSPS) is 16.8. The first kappa shape index (κ1) is 37.4. The fraction of sp³-hybridized carbons (Fsp3) is 0.633. The molecule has 252 valence electrons. The van der Waals surface area contributed by atoms with Crippen molar-refractivity contribution in [1.29, 1.82) is 0 Å². The van der Waals surface area contributed by atoms with Crippen molar-refractivity contribution >= 4 is 29.8 Å². The zero-order valence-corrected chi connectivity index (χ0v) is 25.8. The molecule has 45 heavy (non-hydrogen) atoms. The zero-order valence-electron chi connectivity index (χ0n) is 25.8. The number of benzene rings is 1. The molecule has 0 spiro atoms. The van der Waals surface area contributed by atoms with Crippen molar-refractivity contribution in [3.05, 3.63) is 35.4 Å². The number of carbonyl (C=O) groups excluding carboxylic acids is 2. The highest BCUT2D eigenvalue weighted by atomic mass is 16.4. The van der Waals surface area contributed by atoms with Gasteiger partial charge >= 0.3 is 23.9 Å². The van der Waals surface area contributed by atoms with E-state index in [1.54, 1.807) is 12.1 Å². The maximum Gasteiger partial charge on any atom is 0.326 e. The largest absolute Gasteiger partial charge is 0.481 e. The van der Waals surface area contributed by atoms with E-state index >= 15 is 0 Å². The molecule has 1 aliphatic heterocycles. The van der Waals surface area contributed by atoms with Crippen molar-refractivity contribution in [2.45, 2.75) is 63.6 Å². The minimum atomic E-state index is -1.47. The maximum absolute atomic E-state index is 12.6. The molecule has 1 aliphatic rings. The van der Waals surface area contributed by atoms with Crippen LogP contribution >= 0.6 is 0 Å². The van der Waals surface area contributed by atoms with E-state index in [0.29, 0.717) is 24.9 Å². The van der Waals surface area contributed by atoms with Gasteiger partial charge in [0.2, 0.25) is 0 Å². The van der Waals surface area contributed by atoms with Gasteiger partial charge in [-0.2, -0.15) is 0 Å². The number of carboxylic acids is 3. The van der Waals surface area contributed by atoms with E-state index in [1.807, 2.05) is 12.1 Å². The van der Waals surface area contributed by atoms with Crippen molar-refractivity contribution in [2.75, 3.05) is 58.9 Å². The van der Waals surface area contributed by atoms with Crippen molar-refractivity contribution < 1.29 is 39.3 Å². The van der Waals surface area contributed by atoms with Gasteiger partial charge in [0.25, 0.3) is 5.91 Å². The molecule has 3 amide bonds. The average Bonchev–Trinajstić information content (AvgIpc) is 3.00. The van der Waals surface area contributed by atoms with Crippen LogP contribution in [0.2, 0.25) is 0 Å². The standard InChI is InChI=1S/C30H49N7O8/c38-26(39)11-10-25(29(43)44)36-30(45)35-24(28(41)42)5-1-2-15-34-27(40)23-8-6-22(7-9-23)21-37-19-4-14-32-17-16-31-12-3-13-33-18-20-37/h6-9,24-25,31-33H,1-5,10-21H2,(H,34,40)(H,38,39)(H,41,42)(H,43,44)(H2,35,36,45). The van der Waals surface area contributed by atoms with Crippen molar-refractivity contribution in [3.8, 4) is 0 Å². The Morgan fingerprint density at radius 3 is 1.96 bits per heavy atom. The van der Waals surface area contributed by atoms with E-state index in [9.17, 15) is 29.1 Å². The van der Waals surface area contributed by atoms with Crippen LogP contribution in [0.5, 0.6) is 0 Å². The predicted molar refractivity (Wildman–Crippen MR) is 167 cm³/mol. The number of hydrogen-bond donors (Lipinski definition) is 9. The minimum Gasteiger partial charge on any atom is -0.481 e. The Kier molecular flexibility index (Phi) is 18.1. The summed E-state index contributed by atoms with van der Waals surface area (Å²) >= 11 is 0. The quantitative estimate of drug-likeness (QED) is 0.116. The first-order valence-electron chi connectivity index (χ1n) is 15.6. The van der Waals surface area contributed by atoms with Gasteiger partial charge < -0.3 is 47.2 Å². The molecule has 1 fully saturated rings. The smallest absolute Gasteiger partial charge is 0.326 e. The molecule has 2 rings (SSSR count). The van der Waals surface area contributed by atoms with Crippen molar-refractivity contribution in [1.82, 2.24) is 36.8 Å². The summed E-state index contributed by atoms with van der Waals surface area (Å²) in [5, 5.41) is 44.9. The molecular formula is C30H49N7O8. The number of nitrogens with zero attached hydrogens (tertiary/aromatic N) is 1. The van der Waals surface area contributed by atoms with Gasteiger partial charge in [-0.15, -0.1) is 0 Å². The summed E-state index contributed by atoms with van der Waals surface area (Å²) in [6.45, 7) is 8.84. The second-order valence-corrected chi connectivity index (χ2v) is 11.0. The lowest BCUT2D eigenvalue weighted by Gasteiger charge is -2.23. The highest BCUT2D eigenvalue weighted by molar-refractivity contribution is 5.94. The molecule has 0 radical (unpaired) electrons. The van der Waals surface area contributed by atoms with Crippen LogP contribution < -0.4 is 31.9 Å². The van der Waals surface area contributed by atoms with Crippen LogP contribution in [-0.2, 0) is 20.9 Å². The van der Waals surface area contributed by atoms with Gasteiger partial charge in [0, 0.05) is 51.3 Å². The first-order valence-corrected chi connectivity index (χ1v) is 15.6. The monoisotopic (exact) mass is 635 g/mol. The number of urea groups is 1. The third-order valence-electron chi connectivity index (χ3n) is 7.30. The number of aliphatic carboxylic acids is 3. The van der Waals surface area contributed by atoms with E-state index in [1.165, 1.54) is 0 Å². The highest BCUT2D eigenvalue weighted by Crippen LogP contribution is 2.09. The fourth-order valence-electron chi connectivity index (χ4n) is 4.76. The first-order chi connectivity index (χ1) is 21.7. The Hall–Kier alpha value is -3.79. The molecule has 1 aromatic rings. The van der Waals surface area contributed by atoms with Crippen molar-refractivity contribution in [2.24, 2.45) is 0 Å². The van der Waals surface area contributed by atoms with Crippen LogP contribution in [0, 0.1) is 0 Å². The Morgan fingerprint density at radius 2 is 1.33 bits per heavy atom. The zero-order chi connectivity index (χ0) is 32.9. The Morgan fingerprint density at radius 1 is 0.733 bits per heavy atom. The third-order valence-corrected chi connectivity index (χ3v) is 7.30. The summed E-state index contributed by atoms with van der Waals surface area (Å²) in [4.78, 5) is 60.7. The van der Waals surface area contributed by atoms with E-state index < -0.39 is 42.4 Å². The molecule has 0 aromatic heterocycles. The summed E-state index contributed by atoms with van der Waals surface area (Å²) in [6, 6.07) is 3.75. The van der Waals surface area contributed by atoms with Gasteiger partial charge in [0.05, 0.1) is 0 Å². The lowest BCUT2D eigenvalue weighted by atomic mass is 10.1. The lowest BCUT2D eigenvalue weighted by Crippen LogP contribution is -2.51. The molecule has 1 aromatic carbocycles. The Bertz CT molecular complexity index is 1060. The van der Waals surface area contributed by atoms with E-state index in [-0.39, 0.29) is 18.7 Å². The van der Waals surface area contributed by atoms with Gasteiger partial charge in [-0.1, -0.05) is 12.1 Å². The Labute approximate surface area is 263 Å². The molecule has 15 heteroatoms. The van der Waals surface area contributed by atoms with Crippen LogP contribution in [0.25, 0.3) is 0 Å². The van der Waals surface area contributed by atoms with E-state index in [2.05, 4.69) is 36.8 Å². The summed E-state index contributed by atoms with van der Waals surface area (Å²) in [5.74, 6) is -4.17. The van der Waals surface area contributed by atoms with Crippen LogP contribution in [0.1, 0.15) is 60.9 Å². The molecule has 0 aliphatic carbocycles. The molecule has 1 heterocycles. The van der Waals surface area contributed by atoms with E-state index in [4.69, 9.17) is 10.2 Å². The summed E-state index contributed by atoms with van der Waals surface area (Å²) in [5.41, 5.74) is 1.65. The predicted octanol–water partition coefficient (Wildman–Crippen LogP) is 0.0217. The third kappa shape index (κ3) is 16.7. The molecule has 0 bridgehead atoms. The molecule has 9 N–H and O–H groups in total. The number of unbranched alkanes of at least 4 members (excludes halogenated alkanes) is 1. The summed E-state index contributed by atoms with van der Waals surface area (Å²) in [6.07, 6.45) is 2.22. The van der Waals surface area contributed by atoms with Crippen LogP contribution in [0.4, 0.5) is 4.79 Å². The molecule has 0 saturated carbocycles. The lowest BCUT2D eigenvalue weighted by molar-refractivity contribution is -0.140. The molecular weight excluding hydrogens is 586 g/mol. The van der Waals surface area contributed by atoms with Gasteiger partial charge in [0.1, 0.15) is 12.1 Å². The van der Waals surface area contributed by atoms with Crippen molar-refractivity contribution in [3.63, 3.8) is 0 Å². The summed E-state index contributed by atoms with van der Waals surface area (Å²) < 4.78 is 0. The number of nitrogens with one attached hydrogen (secondary N) is 6. The van der Waals surface area contributed by atoms with Gasteiger partial charge in [-0.05, 0) is 82.4 Å². The number of rotatable bonds is 15. The minimum absolute atomic E-state index is 0.0550. The van der Waals surface area contributed by atoms with Gasteiger partial charge in [-0.3, -0.25) is 14.5 Å². The number of hydrogen-bond acceptors (Lipinski definition) is 9. The number of amides is 3. The van der Waals surface area contributed by atoms with Crippen LogP contribution in [-0.4, -0.2) is 121 Å². The van der Waals surface area contributed by atoms with Gasteiger partial charge in [0.15, 0.2) is 0 Å². The maximum atomic E-state index is 12.6. The van der Waals surface area contributed by atoms with E-state index in [0.717, 1.165) is 77.3 Å². The Balaban J connectivity index is 1.74. The number of carbonyl (C=O) groups is 5. The molecule has 15 nitrogen and oxygen atoms in total. The fourth-order valence-corrected chi connectivity index (χ4v) is 4.76. The van der Waals surface area contributed by atoms with Crippen LogP contribution in [0.3, 0.4) is 0 Å². The summed E-state index contributed by atoms with van der Waals surface area (Å²) in [7, 11) is 0.